The number of benzene rings is 1. The van der Waals surface area contributed by atoms with Crippen LogP contribution in [-0.4, -0.2) is 6.04 Å². The minimum atomic E-state index is -4.63. The van der Waals surface area contributed by atoms with Gasteiger partial charge in [0.05, 0.1) is 5.56 Å². The highest BCUT2D eigenvalue weighted by molar-refractivity contribution is 5.28. The van der Waals surface area contributed by atoms with Crippen LogP contribution >= 0.6 is 0 Å². The molecule has 0 spiro atoms. The summed E-state index contributed by atoms with van der Waals surface area (Å²) in [7, 11) is 0. The van der Waals surface area contributed by atoms with E-state index < -0.39 is 17.6 Å². The lowest BCUT2D eigenvalue weighted by atomic mass is 9.95. The van der Waals surface area contributed by atoms with Gasteiger partial charge in [-0.2, -0.15) is 13.2 Å². The maximum absolute atomic E-state index is 13.8. The maximum Gasteiger partial charge on any atom is 0.419 e. The Balaban J connectivity index is 2.04. The average molecular weight is 275 g/mol. The van der Waals surface area contributed by atoms with Gasteiger partial charge in [-0.1, -0.05) is 31.4 Å². The van der Waals surface area contributed by atoms with E-state index in [4.69, 9.17) is 0 Å². The van der Waals surface area contributed by atoms with E-state index in [2.05, 4.69) is 5.32 Å². The molecule has 0 atom stereocenters. The normalized spacial score (nSPS) is 17.7. The summed E-state index contributed by atoms with van der Waals surface area (Å²) in [5, 5.41) is 3.15. The van der Waals surface area contributed by atoms with Crippen molar-refractivity contribution in [2.75, 3.05) is 0 Å². The molecule has 0 aliphatic heterocycles. The summed E-state index contributed by atoms with van der Waals surface area (Å²) in [4.78, 5) is 0. The topological polar surface area (TPSA) is 12.0 Å². The second kappa shape index (κ2) is 5.90. The third-order valence-electron chi connectivity index (χ3n) is 3.57. The molecule has 0 unspecified atom stereocenters. The number of nitrogens with one attached hydrogen (secondary N) is 1. The van der Waals surface area contributed by atoms with Crippen molar-refractivity contribution in [2.45, 2.75) is 50.9 Å². The molecule has 1 aromatic rings. The highest BCUT2D eigenvalue weighted by atomic mass is 19.4. The van der Waals surface area contributed by atoms with Crippen molar-refractivity contribution in [3.8, 4) is 0 Å². The first-order chi connectivity index (χ1) is 8.98. The molecule has 0 bridgehead atoms. The second-order valence-corrected chi connectivity index (χ2v) is 4.99. The van der Waals surface area contributed by atoms with E-state index in [1.54, 1.807) is 0 Å². The molecular weight excluding hydrogens is 258 g/mol. The minimum Gasteiger partial charge on any atom is -0.310 e. The fourth-order valence-electron chi connectivity index (χ4n) is 2.50. The molecule has 2 rings (SSSR count). The first kappa shape index (κ1) is 14.3. The monoisotopic (exact) mass is 275 g/mol. The third-order valence-corrected chi connectivity index (χ3v) is 3.57. The Morgan fingerprint density at radius 3 is 2.42 bits per heavy atom. The van der Waals surface area contributed by atoms with Gasteiger partial charge in [0.25, 0.3) is 0 Å². The van der Waals surface area contributed by atoms with Gasteiger partial charge in [0, 0.05) is 18.2 Å². The number of hydrogen-bond acceptors (Lipinski definition) is 1. The molecule has 1 fully saturated rings. The van der Waals surface area contributed by atoms with Crippen LogP contribution in [0.1, 0.15) is 43.2 Å². The Morgan fingerprint density at radius 2 is 1.79 bits per heavy atom. The maximum atomic E-state index is 13.8. The standard InChI is InChI=1S/C14H17F4N/c15-13-10(5-4-8-12(13)14(16,17)18)9-19-11-6-2-1-3-7-11/h4-5,8,11,19H,1-3,6-7,9H2. The van der Waals surface area contributed by atoms with Gasteiger partial charge in [-0.25, -0.2) is 4.39 Å². The van der Waals surface area contributed by atoms with Crippen LogP contribution in [0.15, 0.2) is 18.2 Å². The Kier molecular flexibility index (Phi) is 4.45. The molecule has 0 heterocycles. The third kappa shape index (κ3) is 3.69. The van der Waals surface area contributed by atoms with Gasteiger partial charge in [-0.05, 0) is 18.9 Å². The van der Waals surface area contributed by atoms with Gasteiger partial charge in [-0.15, -0.1) is 0 Å². The van der Waals surface area contributed by atoms with Crippen LogP contribution in [-0.2, 0) is 12.7 Å². The second-order valence-electron chi connectivity index (χ2n) is 4.99. The molecule has 5 heteroatoms. The molecule has 1 saturated carbocycles. The van der Waals surface area contributed by atoms with E-state index in [-0.39, 0.29) is 12.1 Å². The van der Waals surface area contributed by atoms with Gasteiger partial charge in [0.15, 0.2) is 0 Å². The summed E-state index contributed by atoms with van der Waals surface area (Å²) in [6, 6.07) is 3.73. The molecular formula is C14H17F4N. The highest BCUT2D eigenvalue weighted by Crippen LogP contribution is 2.32. The molecule has 1 aliphatic rings. The van der Waals surface area contributed by atoms with E-state index in [0.717, 1.165) is 31.7 Å². The minimum absolute atomic E-state index is 0.0837. The SMILES string of the molecule is Fc1c(CNC2CCCCC2)cccc1C(F)(F)F. The first-order valence-corrected chi connectivity index (χ1v) is 6.56. The lowest BCUT2D eigenvalue weighted by molar-refractivity contribution is -0.140. The zero-order valence-electron chi connectivity index (χ0n) is 10.6. The summed E-state index contributed by atoms with van der Waals surface area (Å²) < 4.78 is 51.5. The Morgan fingerprint density at radius 1 is 1.11 bits per heavy atom. The molecule has 1 N–H and O–H groups in total. The zero-order chi connectivity index (χ0) is 13.9. The lowest BCUT2D eigenvalue weighted by Gasteiger charge is -2.23. The van der Waals surface area contributed by atoms with Crippen molar-refractivity contribution in [3.05, 3.63) is 35.1 Å². The largest absolute Gasteiger partial charge is 0.419 e. The van der Waals surface area contributed by atoms with E-state index in [0.29, 0.717) is 6.04 Å². The Labute approximate surface area is 110 Å². The molecule has 106 valence electrons. The van der Waals surface area contributed by atoms with Crippen LogP contribution in [0.25, 0.3) is 0 Å². The summed E-state index contributed by atoms with van der Waals surface area (Å²) in [5.41, 5.74) is -1.10. The summed E-state index contributed by atoms with van der Waals surface area (Å²) >= 11 is 0. The fourth-order valence-corrected chi connectivity index (χ4v) is 2.50. The van der Waals surface area contributed by atoms with Gasteiger partial charge in [0.2, 0.25) is 0 Å². The molecule has 0 aromatic heterocycles. The molecule has 1 aliphatic carbocycles. The van der Waals surface area contributed by atoms with Crippen molar-refractivity contribution in [3.63, 3.8) is 0 Å². The molecule has 0 amide bonds. The highest BCUT2D eigenvalue weighted by Gasteiger charge is 2.34. The van der Waals surface area contributed by atoms with Crippen molar-refractivity contribution >= 4 is 0 Å². The van der Waals surface area contributed by atoms with Gasteiger partial charge >= 0.3 is 6.18 Å². The van der Waals surface area contributed by atoms with Crippen molar-refractivity contribution in [2.24, 2.45) is 0 Å². The van der Waals surface area contributed by atoms with Crippen LogP contribution in [0.3, 0.4) is 0 Å². The molecule has 0 radical (unpaired) electrons. The summed E-state index contributed by atoms with van der Waals surface area (Å²) in [6.45, 7) is 0.153. The average Bonchev–Trinajstić information content (AvgIpc) is 2.37. The van der Waals surface area contributed by atoms with Crippen molar-refractivity contribution in [1.82, 2.24) is 5.32 Å². The van der Waals surface area contributed by atoms with Crippen molar-refractivity contribution < 1.29 is 17.6 Å². The van der Waals surface area contributed by atoms with Gasteiger partial charge < -0.3 is 5.32 Å². The van der Waals surface area contributed by atoms with E-state index >= 15 is 0 Å². The van der Waals surface area contributed by atoms with Gasteiger partial charge in [-0.3, -0.25) is 0 Å². The van der Waals surface area contributed by atoms with Crippen LogP contribution in [0.5, 0.6) is 0 Å². The number of rotatable bonds is 3. The smallest absolute Gasteiger partial charge is 0.310 e. The number of hydrogen-bond donors (Lipinski definition) is 1. The summed E-state index contributed by atoms with van der Waals surface area (Å²) in [5.74, 6) is -1.15. The first-order valence-electron chi connectivity index (χ1n) is 6.56. The van der Waals surface area contributed by atoms with Crippen LogP contribution in [0.4, 0.5) is 17.6 Å². The van der Waals surface area contributed by atoms with E-state index in [1.165, 1.54) is 18.6 Å². The van der Waals surface area contributed by atoms with Crippen molar-refractivity contribution in [1.29, 1.82) is 0 Å². The Bertz CT molecular complexity index is 422. The molecule has 1 nitrogen and oxygen atoms in total. The predicted octanol–water partition coefficient (Wildman–Crippen LogP) is 4.27. The molecule has 1 aromatic carbocycles. The fraction of sp³-hybridized carbons (Fsp3) is 0.571. The lowest BCUT2D eigenvalue weighted by Crippen LogP contribution is -2.31. The summed E-state index contributed by atoms with van der Waals surface area (Å²) in [6.07, 6.45) is 0.855. The zero-order valence-corrected chi connectivity index (χ0v) is 10.6. The number of halogens is 4. The quantitative estimate of drug-likeness (QED) is 0.812. The number of alkyl halides is 3. The predicted molar refractivity (Wildman–Crippen MR) is 65.1 cm³/mol. The van der Waals surface area contributed by atoms with Gasteiger partial charge in [0.1, 0.15) is 5.82 Å². The van der Waals surface area contributed by atoms with Crippen LogP contribution in [0, 0.1) is 5.82 Å². The molecule has 19 heavy (non-hydrogen) atoms. The Hall–Kier alpha value is -1.10. The van der Waals surface area contributed by atoms with Crippen LogP contribution < -0.4 is 5.32 Å². The van der Waals surface area contributed by atoms with Crippen LogP contribution in [0.2, 0.25) is 0 Å². The van der Waals surface area contributed by atoms with E-state index in [9.17, 15) is 17.6 Å². The van der Waals surface area contributed by atoms with E-state index in [1.807, 2.05) is 0 Å². The molecule has 0 saturated heterocycles.